The lowest BCUT2D eigenvalue weighted by Gasteiger charge is -2.19. The Hall–Kier alpha value is -7.17. The van der Waals surface area contributed by atoms with Crippen molar-refractivity contribution in [2.45, 2.75) is 12.3 Å². The number of nitrogens with zero attached hydrogens (tertiary/aromatic N) is 3. The minimum absolute atomic E-state index is 0.268. The van der Waals surface area contributed by atoms with Crippen LogP contribution in [0.1, 0.15) is 23.7 Å². The maximum atomic E-state index is 6.29. The number of hydrogen-bond donors (Lipinski definition) is 0. The third-order valence-electron chi connectivity index (χ3n) is 11.1. The number of rotatable bonds is 5. The molecule has 0 fully saturated rings. The first-order valence-electron chi connectivity index (χ1n) is 18.8. The molecule has 1 aliphatic carbocycles. The highest BCUT2D eigenvalue weighted by Gasteiger charge is 2.21. The van der Waals surface area contributed by atoms with E-state index in [4.69, 9.17) is 19.4 Å². The predicted octanol–water partition coefficient (Wildman–Crippen LogP) is 13.4. The van der Waals surface area contributed by atoms with Crippen LogP contribution in [0.5, 0.6) is 0 Å². The standard InChI is InChI=1S/C51H33N3O/c1-2-13-36-31-37(28-23-32(36)11-1)50-52-49(35-26-24-34(25-27-35)39-19-9-14-33-12-3-4-15-38(33)39)53-51(54-50)44-30-29-42(40-16-5-6-17-41(40)44)43-20-10-22-47-48(43)45-18-7-8-21-46(45)55-47/h1-24,26-31,34H,25H2. The van der Waals surface area contributed by atoms with Gasteiger partial charge in [-0.15, -0.1) is 0 Å². The molecule has 0 saturated heterocycles. The van der Waals surface area contributed by atoms with Crippen molar-refractivity contribution in [1.82, 2.24) is 15.0 Å². The van der Waals surface area contributed by atoms with Crippen molar-refractivity contribution in [2.75, 3.05) is 0 Å². The van der Waals surface area contributed by atoms with Crippen LogP contribution in [0.25, 0.3) is 93.7 Å². The van der Waals surface area contributed by atoms with Crippen LogP contribution in [0, 0.1) is 0 Å². The van der Waals surface area contributed by atoms with Crippen LogP contribution >= 0.6 is 0 Å². The monoisotopic (exact) mass is 703 g/mol. The molecule has 55 heavy (non-hydrogen) atoms. The third-order valence-corrected chi connectivity index (χ3v) is 11.1. The molecule has 2 heterocycles. The number of hydrogen-bond acceptors (Lipinski definition) is 4. The van der Waals surface area contributed by atoms with Gasteiger partial charge in [0.25, 0.3) is 0 Å². The van der Waals surface area contributed by atoms with Gasteiger partial charge in [-0.25, -0.2) is 15.0 Å². The largest absolute Gasteiger partial charge is 0.456 e. The van der Waals surface area contributed by atoms with Gasteiger partial charge in [-0.2, -0.15) is 0 Å². The van der Waals surface area contributed by atoms with Crippen LogP contribution in [0.3, 0.4) is 0 Å². The summed E-state index contributed by atoms with van der Waals surface area (Å²) in [6, 6.07) is 57.6. The zero-order valence-electron chi connectivity index (χ0n) is 29.9. The van der Waals surface area contributed by atoms with Crippen LogP contribution in [-0.2, 0) is 0 Å². The SMILES string of the molecule is C1=CC(c2cccc3ccccc23)CC=C1c1nc(-c2ccc3ccccc3c2)nc(-c2ccc(-c3cccc4oc5ccccc5c34)c3ccccc23)n1. The molecule has 0 N–H and O–H groups in total. The number of aromatic nitrogens is 3. The van der Waals surface area contributed by atoms with Crippen LogP contribution in [0.4, 0.5) is 0 Å². The van der Waals surface area contributed by atoms with Crippen molar-refractivity contribution in [2.24, 2.45) is 0 Å². The number of fused-ring (bicyclic) bond motifs is 6. The van der Waals surface area contributed by atoms with Crippen molar-refractivity contribution in [3.8, 4) is 33.9 Å². The Morgan fingerprint density at radius 1 is 0.455 bits per heavy atom. The van der Waals surface area contributed by atoms with Gasteiger partial charge in [0, 0.05) is 33.4 Å². The highest BCUT2D eigenvalue weighted by Crippen LogP contribution is 2.42. The van der Waals surface area contributed by atoms with Crippen LogP contribution in [0.2, 0.25) is 0 Å². The Balaban J connectivity index is 1.06. The van der Waals surface area contributed by atoms with Crippen molar-refractivity contribution in [3.63, 3.8) is 0 Å². The average molecular weight is 704 g/mol. The fourth-order valence-electron chi connectivity index (χ4n) is 8.40. The Morgan fingerprint density at radius 2 is 1.11 bits per heavy atom. The van der Waals surface area contributed by atoms with Crippen LogP contribution in [0.15, 0.2) is 186 Å². The van der Waals surface area contributed by atoms with Crippen molar-refractivity contribution < 1.29 is 4.42 Å². The normalized spacial score (nSPS) is 14.3. The average Bonchev–Trinajstić information content (AvgIpc) is 3.65. The summed E-state index contributed by atoms with van der Waals surface area (Å²) < 4.78 is 6.29. The summed E-state index contributed by atoms with van der Waals surface area (Å²) >= 11 is 0. The minimum atomic E-state index is 0.268. The molecule has 2 aromatic heterocycles. The topological polar surface area (TPSA) is 51.8 Å². The van der Waals surface area contributed by atoms with Gasteiger partial charge in [0.05, 0.1) is 0 Å². The molecule has 10 aromatic rings. The summed E-state index contributed by atoms with van der Waals surface area (Å²) in [5, 5.41) is 9.32. The van der Waals surface area contributed by atoms with Gasteiger partial charge >= 0.3 is 0 Å². The molecule has 1 atom stereocenters. The van der Waals surface area contributed by atoms with Crippen molar-refractivity contribution >= 4 is 59.8 Å². The molecule has 0 saturated carbocycles. The molecule has 0 aliphatic heterocycles. The van der Waals surface area contributed by atoms with Gasteiger partial charge in [0.1, 0.15) is 11.2 Å². The van der Waals surface area contributed by atoms with Gasteiger partial charge in [0.15, 0.2) is 17.5 Å². The lowest BCUT2D eigenvalue weighted by molar-refractivity contribution is 0.669. The number of para-hydroxylation sites is 1. The van der Waals surface area contributed by atoms with Crippen molar-refractivity contribution in [3.05, 3.63) is 193 Å². The minimum Gasteiger partial charge on any atom is -0.456 e. The summed E-state index contributed by atoms with van der Waals surface area (Å²) in [7, 11) is 0. The molecule has 1 aliphatic rings. The van der Waals surface area contributed by atoms with Crippen molar-refractivity contribution in [1.29, 1.82) is 0 Å². The fraction of sp³-hybridized carbons (Fsp3) is 0.0392. The number of furan rings is 1. The first kappa shape index (κ1) is 31.4. The van der Waals surface area contributed by atoms with E-state index < -0.39 is 0 Å². The Morgan fingerprint density at radius 3 is 1.96 bits per heavy atom. The highest BCUT2D eigenvalue weighted by molar-refractivity contribution is 6.16. The first-order valence-corrected chi connectivity index (χ1v) is 18.8. The van der Waals surface area contributed by atoms with E-state index in [9.17, 15) is 0 Å². The summed E-state index contributed by atoms with van der Waals surface area (Å²) in [5.41, 5.74) is 8.30. The first-order chi connectivity index (χ1) is 27.2. The molecule has 0 spiro atoms. The van der Waals surface area contributed by atoms with Gasteiger partial charge in [-0.3, -0.25) is 0 Å². The Bertz CT molecular complexity index is 3200. The second-order valence-corrected chi connectivity index (χ2v) is 14.3. The maximum absolute atomic E-state index is 6.29. The molecule has 4 nitrogen and oxygen atoms in total. The zero-order valence-corrected chi connectivity index (χ0v) is 29.9. The summed E-state index contributed by atoms with van der Waals surface area (Å²) in [6.07, 6.45) is 7.64. The molecule has 11 rings (SSSR count). The third kappa shape index (κ3) is 5.33. The maximum Gasteiger partial charge on any atom is 0.164 e. The fourth-order valence-corrected chi connectivity index (χ4v) is 8.40. The quantitative estimate of drug-likeness (QED) is 0.179. The summed E-state index contributed by atoms with van der Waals surface area (Å²) in [6.45, 7) is 0. The van der Waals surface area contributed by atoms with E-state index in [0.717, 1.165) is 72.3 Å². The van der Waals surface area contributed by atoms with E-state index in [1.54, 1.807) is 0 Å². The predicted molar refractivity (Wildman–Crippen MR) is 227 cm³/mol. The van der Waals surface area contributed by atoms with E-state index in [2.05, 4.69) is 170 Å². The molecule has 1 unspecified atom stereocenters. The van der Waals surface area contributed by atoms with Crippen LogP contribution in [-0.4, -0.2) is 15.0 Å². The molecule has 0 bridgehead atoms. The molecule has 258 valence electrons. The molecule has 4 heteroatoms. The molecular weight excluding hydrogens is 671 g/mol. The lowest BCUT2D eigenvalue weighted by atomic mass is 9.87. The molecule has 0 radical (unpaired) electrons. The molecule has 0 amide bonds. The summed E-state index contributed by atoms with van der Waals surface area (Å²) in [5.74, 6) is 2.24. The van der Waals surface area contributed by atoms with Gasteiger partial charge in [0.2, 0.25) is 0 Å². The van der Waals surface area contributed by atoms with E-state index in [0.29, 0.717) is 17.5 Å². The Labute approximate surface area is 317 Å². The zero-order chi connectivity index (χ0) is 36.3. The van der Waals surface area contributed by atoms with E-state index >= 15 is 0 Å². The van der Waals surface area contributed by atoms with Gasteiger partial charge in [-0.1, -0.05) is 158 Å². The second-order valence-electron chi connectivity index (χ2n) is 14.3. The number of allylic oxidation sites excluding steroid dienone is 4. The van der Waals surface area contributed by atoms with Gasteiger partial charge in [-0.05, 0) is 79.7 Å². The highest BCUT2D eigenvalue weighted by atomic mass is 16.3. The second kappa shape index (κ2) is 12.8. The molecular formula is C51H33N3O. The number of benzene rings is 8. The van der Waals surface area contributed by atoms with Gasteiger partial charge < -0.3 is 4.42 Å². The Kier molecular flexibility index (Phi) is 7.27. The van der Waals surface area contributed by atoms with E-state index in [1.165, 1.54) is 21.7 Å². The van der Waals surface area contributed by atoms with E-state index in [-0.39, 0.29) is 5.92 Å². The smallest absolute Gasteiger partial charge is 0.164 e. The molecule has 8 aromatic carbocycles. The lowest BCUT2D eigenvalue weighted by Crippen LogP contribution is -2.05. The van der Waals surface area contributed by atoms with E-state index in [1.807, 2.05) is 12.1 Å². The van der Waals surface area contributed by atoms with Crippen LogP contribution < -0.4 is 0 Å². The summed E-state index contributed by atoms with van der Waals surface area (Å²) in [4.78, 5) is 15.6.